The second-order valence-electron chi connectivity index (χ2n) is 7.27. The molecular weight excluding hydrogens is 370 g/mol. The average molecular weight is 394 g/mol. The number of aromatic nitrogens is 4. The van der Waals surface area contributed by atoms with Crippen molar-refractivity contribution in [1.29, 1.82) is 0 Å². The van der Waals surface area contributed by atoms with Crippen molar-refractivity contribution in [2.75, 3.05) is 5.32 Å². The number of nitrogens with one attached hydrogen (secondary N) is 1. The lowest BCUT2D eigenvalue weighted by Crippen LogP contribution is -2.23. The summed E-state index contributed by atoms with van der Waals surface area (Å²) in [5.41, 5.74) is 5.96. The highest BCUT2D eigenvalue weighted by atomic mass is 32.2. The lowest BCUT2D eigenvalue weighted by Gasteiger charge is -2.18. The maximum absolute atomic E-state index is 12.7. The van der Waals surface area contributed by atoms with Crippen LogP contribution in [0.3, 0.4) is 0 Å². The van der Waals surface area contributed by atoms with E-state index in [9.17, 15) is 4.79 Å². The van der Waals surface area contributed by atoms with Gasteiger partial charge < -0.3 is 5.32 Å². The van der Waals surface area contributed by atoms with Crippen LogP contribution < -0.4 is 5.32 Å². The quantitative estimate of drug-likeness (QED) is 0.711. The number of aryl methyl sites for hydroxylation is 4. The first-order valence-electron chi connectivity index (χ1n) is 9.28. The van der Waals surface area contributed by atoms with Crippen LogP contribution in [0.25, 0.3) is 5.95 Å². The first-order valence-corrected chi connectivity index (χ1v) is 10.2. The van der Waals surface area contributed by atoms with Crippen molar-refractivity contribution in [3.05, 3.63) is 64.1 Å². The highest BCUT2D eigenvalue weighted by Gasteiger charge is 2.34. The Labute approximate surface area is 168 Å². The van der Waals surface area contributed by atoms with Crippen LogP contribution in [0.2, 0.25) is 0 Å². The Morgan fingerprint density at radius 3 is 2.46 bits per heavy atom. The fraction of sp³-hybridized carbons (Fsp3) is 0.333. The lowest BCUT2D eigenvalue weighted by molar-refractivity contribution is -0.115. The number of nitrogens with zero attached hydrogens (tertiary/aromatic N) is 4. The molecule has 1 aliphatic heterocycles. The molecule has 28 heavy (non-hydrogen) atoms. The van der Waals surface area contributed by atoms with Gasteiger partial charge in [0.15, 0.2) is 0 Å². The van der Waals surface area contributed by atoms with Gasteiger partial charge in [-0.15, -0.1) is 11.8 Å². The summed E-state index contributed by atoms with van der Waals surface area (Å²) in [6.07, 6.45) is 0. The van der Waals surface area contributed by atoms with Crippen LogP contribution in [-0.4, -0.2) is 30.9 Å². The number of carbonyl (C=O) groups excluding carboxylic acids is 1. The Kier molecular flexibility index (Phi) is 4.71. The highest BCUT2D eigenvalue weighted by Crippen LogP contribution is 2.46. The van der Waals surface area contributed by atoms with E-state index in [-0.39, 0.29) is 16.4 Å². The van der Waals surface area contributed by atoms with Crippen LogP contribution in [0, 0.1) is 27.7 Å². The third kappa shape index (κ3) is 3.30. The molecule has 0 bridgehead atoms. The van der Waals surface area contributed by atoms with E-state index in [0.29, 0.717) is 11.8 Å². The van der Waals surface area contributed by atoms with Crippen LogP contribution >= 0.6 is 11.8 Å². The minimum atomic E-state index is -0.189. The summed E-state index contributed by atoms with van der Waals surface area (Å²) in [6.45, 7) is 9.86. The Morgan fingerprint density at radius 1 is 1.07 bits per heavy atom. The number of hydrogen-bond donors (Lipinski definition) is 1. The fourth-order valence-electron chi connectivity index (χ4n) is 3.55. The maximum Gasteiger partial charge on any atom is 0.252 e. The van der Waals surface area contributed by atoms with E-state index in [1.54, 1.807) is 16.4 Å². The minimum Gasteiger partial charge on any atom is -0.309 e. The molecule has 2 unspecified atom stereocenters. The summed E-state index contributed by atoms with van der Waals surface area (Å²) >= 11 is 1.64. The summed E-state index contributed by atoms with van der Waals surface area (Å²) in [6, 6.07) is 10.3. The molecule has 0 fully saturated rings. The predicted octanol–water partition coefficient (Wildman–Crippen LogP) is 4.06. The van der Waals surface area contributed by atoms with Gasteiger partial charge in [-0.05, 0) is 46.2 Å². The third-order valence-corrected chi connectivity index (χ3v) is 6.23. The molecule has 0 aliphatic carbocycles. The monoisotopic (exact) mass is 393 g/mol. The van der Waals surface area contributed by atoms with Gasteiger partial charge >= 0.3 is 0 Å². The van der Waals surface area contributed by atoms with Crippen molar-refractivity contribution in [3.8, 4) is 5.95 Å². The van der Waals surface area contributed by atoms with Crippen molar-refractivity contribution in [3.63, 3.8) is 0 Å². The van der Waals surface area contributed by atoms with E-state index in [1.165, 1.54) is 11.1 Å². The van der Waals surface area contributed by atoms with E-state index < -0.39 is 0 Å². The Bertz CT molecular complexity index is 1050. The van der Waals surface area contributed by atoms with Crippen LogP contribution in [0.15, 0.2) is 30.3 Å². The number of fused-ring (bicyclic) bond motifs is 1. The van der Waals surface area contributed by atoms with Gasteiger partial charge in [0, 0.05) is 17.0 Å². The van der Waals surface area contributed by atoms with Gasteiger partial charge in [-0.1, -0.05) is 29.8 Å². The molecule has 0 saturated carbocycles. The molecular formula is C21H23N5OS. The van der Waals surface area contributed by atoms with Crippen molar-refractivity contribution >= 4 is 23.5 Å². The SMILES string of the molecule is Cc1cccc(C2SC(C)C(=O)Nc3c2c(C)nn3-c2nc(C)cc(C)n2)c1. The molecule has 2 atom stereocenters. The average Bonchev–Trinajstić information content (AvgIpc) is 2.87. The van der Waals surface area contributed by atoms with Gasteiger partial charge in [0.1, 0.15) is 5.82 Å². The van der Waals surface area contributed by atoms with Crippen molar-refractivity contribution in [1.82, 2.24) is 19.7 Å². The van der Waals surface area contributed by atoms with Gasteiger partial charge in [0.05, 0.1) is 16.2 Å². The van der Waals surface area contributed by atoms with E-state index in [1.807, 2.05) is 33.8 Å². The van der Waals surface area contributed by atoms with Gasteiger partial charge in [-0.2, -0.15) is 9.78 Å². The van der Waals surface area contributed by atoms with E-state index >= 15 is 0 Å². The van der Waals surface area contributed by atoms with Crippen LogP contribution in [-0.2, 0) is 4.79 Å². The molecule has 0 saturated heterocycles. The van der Waals surface area contributed by atoms with Crippen LogP contribution in [0.1, 0.15) is 45.9 Å². The molecule has 1 amide bonds. The number of benzene rings is 1. The number of rotatable bonds is 2. The maximum atomic E-state index is 12.7. The molecule has 6 nitrogen and oxygen atoms in total. The minimum absolute atomic E-state index is 0.00325. The number of hydrogen-bond acceptors (Lipinski definition) is 5. The number of anilines is 1. The van der Waals surface area contributed by atoms with Gasteiger partial charge in [-0.25, -0.2) is 9.97 Å². The summed E-state index contributed by atoms with van der Waals surface area (Å²) in [5, 5.41) is 7.60. The summed E-state index contributed by atoms with van der Waals surface area (Å²) in [4.78, 5) is 21.8. The molecule has 1 aromatic carbocycles. The first-order chi connectivity index (χ1) is 13.3. The molecule has 7 heteroatoms. The Balaban J connectivity index is 1.94. The summed E-state index contributed by atoms with van der Waals surface area (Å²) in [7, 11) is 0. The normalized spacial score (nSPS) is 19.1. The van der Waals surface area contributed by atoms with Crippen LogP contribution in [0.4, 0.5) is 5.82 Å². The zero-order chi connectivity index (χ0) is 20.0. The smallest absolute Gasteiger partial charge is 0.252 e. The van der Waals surface area contributed by atoms with Crippen molar-refractivity contribution in [2.24, 2.45) is 0 Å². The molecule has 4 rings (SSSR count). The number of amides is 1. The largest absolute Gasteiger partial charge is 0.309 e. The Morgan fingerprint density at radius 2 is 1.79 bits per heavy atom. The summed E-state index contributed by atoms with van der Waals surface area (Å²) < 4.78 is 1.67. The van der Waals surface area contributed by atoms with Crippen molar-refractivity contribution in [2.45, 2.75) is 45.1 Å². The molecule has 3 aromatic rings. The molecule has 2 aromatic heterocycles. The van der Waals surface area contributed by atoms with Gasteiger partial charge in [-0.3, -0.25) is 4.79 Å². The third-order valence-electron chi connectivity index (χ3n) is 4.82. The van der Waals surface area contributed by atoms with E-state index in [0.717, 1.165) is 22.6 Å². The second kappa shape index (κ2) is 7.05. The molecule has 1 aliphatic rings. The zero-order valence-corrected chi connectivity index (χ0v) is 17.5. The molecule has 3 heterocycles. The number of carbonyl (C=O) groups is 1. The highest BCUT2D eigenvalue weighted by molar-refractivity contribution is 8.01. The number of thioether (sulfide) groups is 1. The second-order valence-corrected chi connectivity index (χ2v) is 8.72. The summed E-state index contributed by atoms with van der Waals surface area (Å²) in [5.74, 6) is 1.10. The molecule has 144 valence electrons. The van der Waals surface area contributed by atoms with Gasteiger partial charge in [0.25, 0.3) is 5.95 Å². The topological polar surface area (TPSA) is 72.7 Å². The van der Waals surface area contributed by atoms with E-state index in [4.69, 9.17) is 5.10 Å². The zero-order valence-electron chi connectivity index (χ0n) is 16.6. The first kappa shape index (κ1) is 18.7. The predicted molar refractivity (Wildman–Crippen MR) is 112 cm³/mol. The lowest BCUT2D eigenvalue weighted by atomic mass is 10.0. The Hall–Kier alpha value is -2.67. The fourth-order valence-corrected chi connectivity index (χ4v) is 4.86. The molecule has 0 radical (unpaired) electrons. The standard InChI is InChI=1S/C21H23N5OS/c1-11-7-6-8-16(9-11)18-17-14(4)25-26(19(17)24-20(27)15(5)28-18)21-22-12(2)10-13(3)23-21/h6-10,15,18H,1-5H3,(H,24,27). The molecule has 1 N–H and O–H groups in total. The van der Waals surface area contributed by atoms with Gasteiger partial charge in [0.2, 0.25) is 5.91 Å². The van der Waals surface area contributed by atoms with Crippen LogP contribution in [0.5, 0.6) is 0 Å². The molecule has 0 spiro atoms. The van der Waals surface area contributed by atoms with E-state index in [2.05, 4.69) is 46.5 Å². The van der Waals surface area contributed by atoms with Crippen molar-refractivity contribution < 1.29 is 4.79 Å².